The second-order valence-corrected chi connectivity index (χ2v) is 5.61. The molecule has 0 spiro atoms. The first-order valence-corrected chi connectivity index (χ1v) is 7.99. The maximum Gasteiger partial charge on any atom is 0.319 e. The summed E-state index contributed by atoms with van der Waals surface area (Å²) in [5.74, 6) is 6.48. The number of hydrogen-bond donors (Lipinski definition) is 2. The number of anilines is 1. The molecular weight excluding hydrogens is 330 g/mol. The highest BCUT2D eigenvalue weighted by atomic mass is 16.5. The average molecular weight is 351 g/mol. The van der Waals surface area contributed by atoms with Gasteiger partial charge in [-0.3, -0.25) is 4.79 Å². The molecule has 0 saturated heterocycles. The van der Waals surface area contributed by atoms with Crippen molar-refractivity contribution in [3.63, 3.8) is 0 Å². The van der Waals surface area contributed by atoms with Gasteiger partial charge in [-0.1, -0.05) is 11.8 Å². The predicted molar refractivity (Wildman–Crippen MR) is 101 cm³/mol. The predicted octanol–water partition coefficient (Wildman–Crippen LogP) is 2.57. The maximum atomic E-state index is 11.8. The number of hydrogen-bond acceptors (Lipinski definition) is 3. The number of nitrogens with zero attached hydrogens (tertiary/aromatic N) is 1. The summed E-state index contributed by atoms with van der Waals surface area (Å²) >= 11 is 0. The summed E-state index contributed by atoms with van der Waals surface area (Å²) < 4.78 is 5.06. The normalized spacial score (nSPS) is 9.50. The highest BCUT2D eigenvalue weighted by molar-refractivity contribution is 5.94. The molecule has 26 heavy (non-hydrogen) atoms. The van der Waals surface area contributed by atoms with Gasteiger partial charge < -0.3 is 20.3 Å². The summed E-state index contributed by atoms with van der Waals surface area (Å²) in [6.07, 6.45) is 0. The molecular formula is C20H21N3O3. The lowest BCUT2D eigenvalue weighted by molar-refractivity contribution is 0.0827. The third-order valence-corrected chi connectivity index (χ3v) is 3.46. The van der Waals surface area contributed by atoms with Gasteiger partial charge >= 0.3 is 6.03 Å². The van der Waals surface area contributed by atoms with Gasteiger partial charge in [-0.25, -0.2) is 4.79 Å². The highest BCUT2D eigenvalue weighted by Crippen LogP contribution is 2.14. The third kappa shape index (κ3) is 5.56. The molecule has 0 unspecified atom stereocenters. The van der Waals surface area contributed by atoms with Crippen LogP contribution < -0.4 is 15.4 Å². The molecule has 2 rings (SSSR count). The minimum absolute atomic E-state index is 0.0543. The lowest BCUT2D eigenvalue weighted by Gasteiger charge is -2.09. The fourth-order valence-corrected chi connectivity index (χ4v) is 2.07. The molecule has 6 heteroatoms. The molecule has 0 aliphatic rings. The Balaban J connectivity index is 1.82. The number of rotatable bonds is 4. The van der Waals surface area contributed by atoms with Gasteiger partial charge in [-0.2, -0.15) is 0 Å². The first-order chi connectivity index (χ1) is 12.5. The molecule has 0 aliphatic carbocycles. The standard InChI is InChI=1S/C20H21N3O3/c1-23(2)19(24)16-8-6-15(7-9-16)5-4-14-21-20(25)22-17-10-12-18(26-3)13-11-17/h6-13H,14H2,1-3H3,(H2,21,22,25). The number of nitrogens with one attached hydrogen (secondary N) is 2. The molecule has 2 N–H and O–H groups in total. The van der Waals surface area contributed by atoms with Crippen molar-refractivity contribution in [2.75, 3.05) is 33.1 Å². The van der Waals surface area contributed by atoms with Gasteiger partial charge in [-0.15, -0.1) is 0 Å². The van der Waals surface area contributed by atoms with Gasteiger partial charge in [0.15, 0.2) is 0 Å². The summed E-state index contributed by atoms with van der Waals surface area (Å²) in [4.78, 5) is 25.1. The van der Waals surface area contributed by atoms with Crippen LogP contribution in [0.2, 0.25) is 0 Å². The van der Waals surface area contributed by atoms with Crippen LogP contribution in [0.1, 0.15) is 15.9 Å². The van der Waals surface area contributed by atoms with Crippen molar-refractivity contribution in [3.8, 4) is 17.6 Å². The van der Waals surface area contributed by atoms with Crippen molar-refractivity contribution in [1.29, 1.82) is 0 Å². The first-order valence-electron chi connectivity index (χ1n) is 7.99. The summed E-state index contributed by atoms with van der Waals surface area (Å²) in [5, 5.41) is 5.37. The number of urea groups is 1. The SMILES string of the molecule is COc1ccc(NC(=O)NCC#Cc2ccc(C(=O)N(C)C)cc2)cc1. The van der Waals surface area contributed by atoms with Gasteiger partial charge in [0, 0.05) is 30.9 Å². The quantitative estimate of drug-likeness (QED) is 0.832. The van der Waals surface area contributed by atoms with E-state index in [-0.39, 0.29) is 18.5 Å². The topological polar surface area (TPSA) is 70.7 Å². The van der Waals surface area contributed by atoms with E-state index in [9.17, 15) is 9.59 Å². The molecule has 0 aliphatic heterocycles. The first kappa shape index (κ1) is 18.9. The highest BCUT2D eigenvalue weighted by Gasteiger charge is 2.06. The van der Waals surface area contributed by atoms with E-state index in [1.807, 2.05) is 0 Å². The van der Waals surface area contributed by atoms with Crippen molar-refractivity contribution in [1.82, 2.24) is 10.2 Å². The van der Waals surface area contributed by atoms with Crippen molar-refractivity contribution in [2.45, 2.75) is 0 Å². The van der Waals surface area contributed by atoms with Crippen LogP contribution >= 0.6 is 0 Å². The van der Waals surface area contributed by atoms with E-state index in [4.69, 9.17) is 4.74 Å². The Hall–Kier alpha value is -3.46. The molecule has 134 valence electrons. The van der Waals surface area contributed by atoms with E-state index in [0.717, 1.165) is 11.3 Å². The minimum Gasteiger partial charge on any atom is -0.497 e. The largest absolute Gasteiger partial charge is 0.497 e. The fourth-order valence-electron chi connectivity index (χ4n) is 2.07. The lowest BCUT2D eigenvalue weighted by atomic mass is 10.1. The van der Waals surface area contributed by atoms with Crippen LogP contribution in [-0.4, -0.2) is 44.6 Å². The van der Waals surface area contributed by atoms with Crippen molar-refractivity contribution < 1.29 is 14.3 Å². The molecule has 6 nitrogen and oxygen atoms in total. The Morgan fingerprint density at radius 1 is 1.04 bits per heavy atom. The van der Waals surface area contributed by atoms with Crippen molar-refractivity contribution in [2.24, 2.45) is 0 Å². The zero-order valence-electron chi connectivity index (χ0n) is 15.0. The van der Waals surface area contributed by atoms with Crippen LogP contribution in [0.15, 0.2) is 48.5 Å². The Morgan fingerprint density at radius 3 is 2.27 bits per heavy atom. The zero-order chi connectivity index (χ0) is 18.9. The smallest absolute Gasteiger partial charge is 0.319 e. The number of amides is 3. The zero-order valence-corrected chi connectivity index (χ0v) is 15.0. The van der Waals surface area contributed by atoms with Crippen LogP contribution in [-0.2, 0) is 0 Å². The summed E-state index contributed by atoms with van der Waals surface area (Å²) in [6, 6.07) is 13.7. The van der Waals surface area contributed by atoms with E-state index in [2.05, 4.69) is 22.5 Å². The molecule has 0 fully saturated rings. The molecule has 0 atom stereocenters. The minimum atomic E-state index is -0.337. The van der Waals surface area contributed by atoms with Gasteiger partial charge in [0.05, 0.1) is 13.7 Å². The van der Waals surface area contributed by atoms with E-state index in [1.54, 1.807) is 69.7 Å². The average Bonchev–Trinajstić information content (AvgIpc) is 2.65. The Labute approximate surface area is 153 Å². The van der Waals surface area contributed by atoms with Gasteiger partial charge in [0.25, 0.3) is 5.91 Å². The molecule has 0 aromatic heterocycles. The van der Waals surface area contributed by atoms with Gasteiger partial charge in [0.1, 0.15) is 5.75 Å². The van der Waals surface area contributed by atoms with Crippen LogP contribution in [0.4, 0.5) is 10.5 Å². The van der Waals surface area contributed by atoms with E-state index < -0.39 is 0 Å². The van der Waals surface area contributed by atoms with Crippen molar-refractivity contribution >= 4 is 17.6 Å². The number of methoxy groups -OCH3 is 1. The van der Waals surface area contributed by atoms with Gasteiger partial charge in [-0.05, 0) is 48.5 Å². The second kappa shape index (κ2) is 9.14. The molecule has 3 amide bonds. The molecule has 2 aromatic carbocycles. The van der Waals surface area contributed by atoms with Crippen LogP contribution in [0.3, 0.4) is 0 Å². The fraction of sp³-hybridized carbons (Fsp3) is 0.200. The number of carbonyl (C=O) groups excluding carboxylic acids is 2. The molecule has 0 heterocycles. The lowest BCUT2D eigenvalue weighted by Crippen LogP contribution is -2.28. The Kier molecular flexibility index (Phi) is 6.63. The molecule has 2 aromatic rings. The van der Waals surface area contributed by atoms with E-state index in [0.29, 0.717) is 11.3 Å². The maximum absolute atomic E-state index is 11.8. The number of carbonyl (C=O) groups is 2. The van der Waals surface area contributed by atoms with E-state index >= 15 is 0 Å². The molecule has 0 bridgehead atoms. The van der Waals surface area contributed by atoms with Crippen LogP contribution in [0.5, 0.6) is 5.75 Å². The second-order valence-electron chi connectivity index (χ2n) is 5.61. The van der Waals surface area contributed by atoms with Gasteiger partial charge in [0.2, 0.25) is 0 Å². The van der Waals surface area contributed by atoms with Crippen LogP contribution in [0.25, 0.3) is 0 Å². The number of ether oxygens (including phenoxy) is 1. The third-order valence-electron chi connectivity index (χ3n) is 3.46. The monoisotopic (exact) mass is 351 g/mol. The van der Waals surface area contributed by atoms with Crippen molar-refractivity contribution in [3.05, 3.63) is 59.7 Å². The Morgan fingerprint density at radius 2 is 1.69 bits per heavy atom. The number of benzene rings is 2. The van der Waals surface area contributed by atoms with Crippen LogP contribution in [0, 0.1) is 11.8 Å². The summed E-state index contributed by atoms with van der Waals surface area (Å²) in [7, 11) is 5.00. The summed E-state index contributed by atoms with van der Waals surface area (Å²) in [6.45, 7) is 0.209. The van der Waals surface area contributed by atoms with E-state index in [1.165, 1.54) is 4.90 Å². The summed E-state index contributed by atoms with van der Waals surface area (Å²) in [5.41, 5.74) is 2.05. The molecule has 0 radical (unpaired) electrons. The Bertz CT molecular complexity index is 816. The molecule has 0 saturated carbocycles.